The molecule has 0 bridgehead atoms. The quantitative estimate of drug-likeness (QED) is 0.0113. The molecule has 0 spiro atoms. The maximum absolute atomic E-state index is 14.8. The number of ether oxygens (including phenoxy) is 1. The first-order valence-electron chi connectivity index (χ1n) is 36.8. The van der Waals surface area contributed by atoms with Crippen LogP contribution in [0.1, 0.15) is 146 Å². The molecular weight excluding hydrogens is 1520 g/mol. The first-order valence-corrected chi connectivity index (χ1v) is 36.8. The Labute approximate surface area is 657 Å². The first kappa shape index (κ1) is 94.7. The third kappa shape index (κ3) is 32.5. The number of nitrogens with one attached hydrogen (secondary N) is 14. The van der Waals surface area contributed by atoms with Crippen LogP contribution in [0, 0.1) is 5.92 Å². The van der Waals surface area contributed by atoms with E-state index in [-0.39, 0.29) is 37.1 Å². The molecule has 1 aliphatic heterocycles. The average Bonchev–Trinajstić information content (AvgIpc) is 1.72. The lowest BCUT2D eigenvalue weighted by molar-refractivity contribution is -0.156. The van der Waals surface area contributed by atoms with Gasteiger partial charge >= 0.3 is 29.8 Å². The number of ketones is 1. The minimum absolute atomic E-state index is 0.0186. The molecule has 0 aliphatic carbocycles. The number of carboxylic acids is 4. The van der Waals surface area contributed by atoms with Crippen molar-refractivity contribution in [3.05, 3.63) is 65.9 Å². The van der Waals surface area contributed by atoms with Crippen LogP contribution in [0.15, 0.2) is 54.7 Å². The van der Waals surface area contributed by atoms with E-state index in [1.165, 1.54) is 24.3 Å². The van der Waals surface area contributed by atoms with E-state index < -0.39 is 261 Å². The number of carbonyl (C=O) groups is 20. The summed E-state index contributed by atoms with van der Waals surface area (Å²) in [5.74, 6) is -29.7. The summed E-state index contributed by atoms with van der Waals surface area (Å²) in [6.45, 7) is 1.11. The Morgan fingerprint density at radius 1 is 0.548 bits per heavy atom. The highest BCUT2D eigenvalue weighted by Gasteiger charge is 2.41. The van der Waals surface area contributed by atoms with Crippen LogP contribution in [0.3, 0.4) is 0 Å². The van der Waals surface area contributed by atoms with Gasteiger partial charge in [0.25, 0.3) is 0 Å². The largest absolute Gasteiger partial charge is 0.481 e. The number of rotatable bonds is 35. The van der Waals surface area contributed by atoms with Gasteiger partial charge in [-0.15, -0.1) is 0 Å². The number of aromatic amines is 1. The smallest absolute Gasteiger partial charge is 0.329 e. The van der Waals surface area contributed by atoms with E-state index >= 15 is 0 Å². The molecule has 630 valence electrons. The van der Waals surface area contributed by atoms with E-state index in [0.29, 0.717) is 29.3 Å². The lowest BCUT2D eigenvalue weighted by Gasteiger charge is -2.30. The number of aliphatic hydroxyl groups is 1. The summed E-state index contributed by atoms with van der Waals surface area (Å²) in [6, 6.07) is -10.5. The Hall–Kier alpha value is -12.7. The summed E-state index contributed by atoms with van der Waals surface area (Å²) >= 11 is 0. The number of para-hydroxylation sites is 2. The fraction of sp³-hybridized carbons (Fsp3) is 0.528. The van der Waals surface area contributed by atoms with E-state index in [4.69, 9.17) is 21.9 Å². The number of unbranched alkanes of at least 4 members (excludes halogenated alkanes) is 6. The van der Waals surface area contributed by atoms with Crippen LogP contribution >= 0.6 is 0 Å². The zero-order chi connectivity index (χ0) is 85.8. The number of esters is 1. The Bertz CT molecular complexity index is 4040. The SMILES string of the molecule is CCCCCCCCCC(=O)NC(Cc1c[nH]c2ccccc12)C(=O)N[C@H](CC(N)=O)C(=O)N[C@@H](CC(=O)O)C(=O)N[C@@H]1C(=O)NCC(=O)N[C@@H](CCCN)C(=O)N[C@@H](CC(=O)O)C(=O)N[C@H](C)C(=O)N[C@@H](CC(=O)O)C(=O)NCC(=O)N[C@H](CO)C(=O)N[C@@H]([C@H](C)CC(=O)O)C(=O)N[C@@H](CC(=O)c2ccccc2N)C(=O)O[C@@H]1C. The molecule has 1 aromatic heterocycles. The van der Waals surface area contributed by atoms with Gasteiger partial charge in [-0.05, 0) is 69.3 Å². The molecule has 1 saturated heterocycles. The minimum Gasteiger partial charge on any atom is -0.481 e. The molecule has 1 unspecified atom stereocenters. The molecular formula is C72H101N17O26. The third-order valence-corrected chi connectivity index (χ3v) is 17.9. The van der Waals surface area contributed by atoms with Crippen LogP contribution in [-0.2, 0) is 102 Å². The normalized spacial score (nSPS) is 21.2. The monoisotopic (exact) mass is 1620 g/mol. The van der Waals surface area contributed by atoms with E-state index in [1.807, 2.05) is 16.0 Å². The van der Waals surface area contributed by atoms with Crippen LogP contribution in [-0.4, -0.2) is 248 Å². The van der Waals surface area contributed by atoms with Crippen molar-refractivity contribution in [1.29, 1.82) is 0 Å². The number of cyclic esters (lactones) is 1. The van der Waals surface area contributed by atoms with Crippen molar-refractivity contribution in [3.63, 3.8) is 0 Å². The number of nitrogen functional groups attached to an aromatic ring is 1. The molecule has 1 fully saturated rings. The topological polar surface area (TPSA) is 702 Å². The Morgan fingerprint density at radius 2 is 1.09 bits per heavy atom. The number of fused-ring (bicyclic) bond motifs is 1. The fourth-order valence-electron chi connectivity index (χ4n) is 11.7. The summed E-state index contributed by atoms with van der Waals surface area (Å²) in [5.41, 5.74) is 18.1. The van der Waals surface area contributed by atoms with Crippen molar-refractivity contribution in [3.8, 4) is 0 Å². The molecule has 4 rings (SSSR count). The Kier molecular flexibility index (Phi) is 39.2. The second-order valence-electron chi connectivity index (χ2n) is 27.2. The lowest BCUT2D eigenvalue weighted by atomic mass is 9.96. The molecule has 2 aromatic carbocycles. The van der Waals surface area contributed by atoms with Crippen molar-refractivity contribution in [2.24, 2.45) is 17.4 Å². The molecule has 13 atom stereocenters. The van der Waals surface area contributed by atoms with Gasteiger partial charge in [-0.3, -0.25) is 91.1 Å². The number of H-pyrrole nitrogens is 1. The minimum atomic E-state index is -2.45. The number of carboxylic acid groups (broad SMARTS) is 4. The Morgan fingerprint density at radius 3 is 1.69 bits per heavy atom. The van der Waals surface area contributed by atoms with Gasteiger partial charge in [-0.25, -0.2) is 4.79 Å². The molecule has 43 nitrogen and oxygen atoms in total. The van der Waals surface area contributed by atoms with Gasteiger partial charge in [0.05, 0.1) is 51.8 Å². The second kappa shape index (κ2) is 47.6. The molecule has 1 aliphatic rings. The number of anilines is 1. The number of carbonyl (C=O) groups excluding carboxylic acids is 16. The number of aromatic nitrogens is 1. The van der Waals surface area contributed by atoms with E-state index in [9.17, 15) is 121 Å². The maximum atomic E-state index is 14.8. The summed E-state index contributed by atoms with van der Waals surface area (Å²) in [6.07, 6.45) is -2.33. The number of aliphatic carboxylic acids is 4. The van der Waals surface area contributed by atoms with E-state index in [0.717, 1.165) is 52.9 Å². The van der Waals surface area contributed by atoms with Gasteiger partial charge in [0.1, 0.15) is 72.6 Å². The first-order chi connectivity index (χ1) is 54.4. The summed E-state index contributed by atoms with van der Waals surface area (Å²) < 4.78 is 5.68. The van der Waals surface area contributed by atoms with Crippen LogP contribution in [0.25, 0.3) is 10.9 Å². The third-order valence-electron chi connectivity index (χ3n) is 17.9. The van der Waals surface area contributed by atoms with E-state index in [1.54, 1.807) is 30.5 Å². The fourth-order valence-corrected chi connectivity index (χ4v) is 11.7. The predicted octanol–water partition coefficient (Wildman–Crippen LogP) is -5.62. The number of primary amides is 1. The van der Waals surface area contributed by atoms with Crippen molar-refractivity contribution in [2.45, 2.75) is 209 Å². The number of nitrogens with two attached hydrogens (primary N) is 3. The van der Waals surface area contributed by atoms with Crippen molar-refractivity contribution in [1.82, 2.24) is 74.1 Å². The van der Waals surface area contributed by atoms with Gasteiger partial charge in [-0.2, -0.15) is 0 Å². The summed E-state index contributed by atoms with van der Waals surface area (Å²) in [5, 5.41) is 78.7. The van der Waals surface area contributed by atoms with Gasteiger partial charge < -0.3 is 122 Å². The Balaban J connectivity index is 1.87. The number of amides is 14. The number of benzene rings is 2. The van der Waals surface area contributed by atoms with Crippen LogP contribution in [0.2, 0.25) is 0 Å². The lowest BCUT2D eigenvalue weighted by Crippen LogP contribution is -2.62. The molecule has 14 amide bonds. The molecule has 2 heterocycles. The highest BCUT2D eigenvalue weighted by molar-refractivity contribution is 6.05. The summed E-state index contributed by atoms with van der Waals surface area (Å²) in [7, 11) is 0. The van der Waals surface area contributed by atoms with Crippen LogP contribution < -0.4 is 86.3 Å². The predicted molar refractivity (Wildman–Crippen MR) is 400 cm³/mol. The van der Waals surface area contributed by atoms with Crippen LogP contribution in [0.4, 0.5) is 5.69 Å². The highest BCUT2D eigenvalue weighted by Crippen LogP contribution is 2.22. The molecule has 25 N–H and O–H groups in total. The maximum Gasteiger partial charge on any atom is 0.329 e. The number of hydrogen-bond acceptors (Lipinski definition) is 24. The molecule has 3 aromatic rings. The molecule has 0 saturated carbocycles. The zero-order valence-corrected chi connectivity index (χ0v) is 63.6. The van der Waals surface area contributed by atoms with Crippen molar-refractivity contribution >= 4 is 135 Å². The standard InChI is InChI=1S/C72H101N17O26/c1-5-6-7-8-9-10-11-22-53(93)81-44(25-38-31-76-42-20-15-13-17-39(38)42)66(108)84-45(27-52(75)92)67(109)86-48(30-59(102)103)68(110)89-61-37(4)115-72(114)49(26-51(91)40-18-12-14-19-41(40)74)87-71(113)60(35(2)24-56(96)97)88-69(111)50(34-90)82-55(95)32-77-63(105)46(28-57(98)99)83-62(104)36(3)79-65(107)47(29-58(100)101)85-64(106)43(21-16-23-73)80-54(94)33-78-70(61)112/h12-15,17-20,31,35-37,43-50,60-61,76,90H,5-11,16,21-30,32-34,73-74H2,1-4H3,(H2,75,92)(H,77,105)(H,78,112)(H,79,107)(H,80,94)(H,81,93)(H,82,95)(H,83,104)(H,84,108)(H,85,106)(H,86,109)(H,87,113)(H,88,111)(H,89,110)(H,96,97)(H,98,99)(H,100,101)(H,102,103)/t35-,36-,37-,43+,44?,45-,46+,47+,48+,49+,50-,60+,61+/m1/s1. The van der Waals surface area contributed by atoms with Gasteiger partial charge in [-0.1, -0.05) is 82.7 Å². The number of Topliss-reactive ketones (excluding diaryl/α,β-unsaturated/α-hetero) is 1. The van der Waals surface area contributed by atoms with Gasteiger partial charge in [0, 0.05) is 47.6 Å². The van der Waals surface area contributed by atoms with Crippen LogP contribution in [0.5, 0.6) is 0 Å². The van der Waals surface area contributed by atoms with E-state index in [2.05, 4.69) is 65.1 Å². The van der Waals surface area contributed by atoms with Crippen molar-refractivity contribution in [2.75, 3.05) is 32.0 Å². The molecule has 43 heteroatoms. The zero-order valence-electron chi connectivity index (χ0n) is 63.6. The molecule has 115 heavy (non-hydrogen) atoms. The summed E-state index contributed by atoms with van der Waals surface area (Å²) in [4.78, 5) is 276. The average molecular weight is 1620 g/mol. The number of hydrogen-bond donors (Lipinski definition) is 22. The number of aliphatic hydroxyl groups excluding tert-OH is 1. The molecule has 0 radical (unpaired) electrons. The van der Waals surface area contributed by atoms with Crippen molar-refractivity contribution < 1.29 is 126 Å². The van der Waals surface area contributed by atoms with Gasteiger partial charge in [0.2, 0.25) is 82.7 Å². The second-order valence-corrected chi connectivity index (χ2v) is 27.2. The highest BCUT2D eigenvalue weighted by atomic mass is 16.5. The van der Waals surface area contributed by atoms with Gasteiger partial charge in [0.15, 0.2) is 5.78 Å².